The molecular formula is C16H9ClF5N3O. The zero-order valence-corrected chi connectivity index (χ0v) is 13.7. The van der Waals surface area contributed by atoms with Gasteiger partial charge in [0, 0.05) is 5.56 Å². The molecular weight excluding hydrogens is 381 g/mol. The van der Waals surface area contributed by atoms with Crippen molar-refractivity contribution in [2.75, 3.05) is 5.32 Å². The van der Waals surface area contributed by atoms with Gasteiger partial charge in [-0.05, 0) is 19.1 Å². The first-order chi connectivity index (χ1) is 12.1. The molecule has 1 aromatic carbocycles. The second-order valence-corrected chi connectivity index (χ2v) is 5.82. The van der Waals surface area contributed by atoms with Gasteiger partial charge >= 0.3 is 6.18 Å². The van der Waals surface area contributed by atoms with E-state index in [0.717, 1.165) is 24.4 Å². The minimum atomic E-state index is -4.91. The van der Waals surface area contributed by atoms with Gasteiger partial charge in [-0.15, -0.1) is 0 Å². The fraction of sp³-hybridized carbons (Fsp3) is 0.188. The number of anilines is 1. The molecule has 0 aliphatic carbocycles. The first-order valence-corrected chi connectivity index (χ1v) is 7.58. The van der Waals surface area contributed by atoms with Gasteiger partial charge in [0.25, 0.3) is 0 Å². The predicted octanol–water partition coefficient (Wildman–Crippen LogP) is 4.21. The Labute approximate surface area is 148 Å². The van der Waals surface area contributed by atoms with E-state index in [2.05, 4.69) is 15.3 Å². The lowest BCUT2D eigenvalue weighted by atomic mass is 9.99. The summed E-state index contributed by atoms with van der Waals surface area (Å²) in [4.78, 5) is 19.2. The van der Waals surface area contributed by atoms with E-state index >= 15 is 0 Å². The average molecular weight is 390 g/mol. The number of aliphatic imine (C=N–C) groups is 1. The van der Waals surface area contributed by atoms with Crippen LogP contribution in [0.25, 0.3) is 0 Å². The van der Waals surface area contributed by atoms with Crippen LogP contribution in [0.1, 0.15) is 23.7 Å². The molecule has 1 aliphatic heterocycles. The molecule has 10 heteroatoms. The quantitative estimate of drug-likeness (QED) is 0.743. The molecule has 0 unspecified atom stereocenters. The maximum Gasteiger partial charge on any atom is 0.434 e. The van der Waals surface area contributed by atoms with Crippen LogP contribution in [-0.2, 0) is 11.0 Å². The number of alkyl halides is 3. The number of amides is 1. The molecule has 0 fully saturated rings. The molecule has 0 radical (unpaired) electrons. The van der Waals surface area contributed by atoms with Crippen molar-refractivity contribution in [3.8, 4) is 0 Å². The number of rotatable bonds is 1. The summed E-state index contributed by atoms with van der Waals surface area (Å²) in [6, 6.07) is 1.81. The van der Waals surface area contributed by atoms with E-state index in [1.807, 2.05) is 0 Å². The summed E-state index contributed by atoms with van der Waals surface area (Å²) in [7, 11) is 0. The Kier molecular flexibility index (Phi) is 4.43. The van der Waals surface area contributed by atoms with E-state index in [0.29, 0.717) is 0 Å². The number of carbonyl (C=O) groups is 1. The number of carbonyl (C=O) groups excluding carboxylic acids is 1. The maximum atomic E-state index is 14.2. The molecule has 2 aromatic rings. The third-order valence-electron chi connectivity index (χ3n) is 3.68. The van der Waals surface area contributed by atoms with Crippen LogP contribution in [0.2, 0.25) is 5.02 Å². The van der Waals surface area contributed by atoms with Crippen molar-refractivity contribution >= 4 is 28.9 Å². The Balaban J connectivity index is 2.39. The van der Waals surface area contributed by atoms with Gasteiger partial charge in [-0.3, -0.25) is 9.79 Å². The van der Waals surface area contributed by atoms with Gasteiger partial charge in [-0.1, -0.05) is 17.7 Å². The molecule has 136 valence electrons. The Morgan fingerprint density at radius 1 is 1.15 bits per heavy atom. The lowest BCUT2D eigenvalue weighted by molar-refractivity contribution is -0.141. The molecule has 0 saturated carbocycles. The predicted molar refractivity (Wildman–Crippen MR) is 84.3 cm³/mol. The standard InChI is InChI=1S/C16H9ClF5N3O/c1-6-15(26)25-9-5-23-14(16(20,21)22)12(17)11(9)13(24-6)10-7(18)3-2-4-8(10)19/h2-6H,1H3,(H,25,26)/t6-/m0/s1. The summed E-state index contributed by atoms with van der Waals surface area (Å²) in [5.74, 6) is -2.80. The highest BCUT2D eigenvalue weighted by Crippen LogP contribution is 2.39. The van der Waals surface area contributed by atoms with E-state index in [-0.39, 0.29) is 5.69 Å². The van der Waals surface area contributed by atoms with Crippen LogP contribution in [0.15, 0.2) is 29.4 Å². The van der Waals surface area contributed by atoms with Gasteiger partial charge in [0.1, 0.15) is 17.7 Å². The molecule has 3 rings (SSSR count). The number of pyridine rings is 1. The summed E-state index contributed by atoms with van der Waals surface area (Å²) in [5, 5.41) is 1.41. The number of aromatic nitrogens is 1. The van der Waals surface area contributed by atoms with Crippen molar-refractivity contribution in [2.24, 2.45) is 4.99 Å². The summed E-state index contributed by atoms with van der Waals surface area (Å²) in [6.45, 7) is 1.33. The number of nitrogens with one attached hydrogen (secondary N) is 1. The van der Waals surface area contributed by atoms with Crippen LogP contribution in [0.5, 0.6) is 0 Å². The van der Waals surface area contributed by atoms with Crippen molar-refractivity contribution in [2.45, 2.75) is 19.1 Å². The van der Waals surface area contributed by atoms with Gasteiger partial charge in [0.05, 0.1) is 28.2 Å². The van der Waals surface area contributed by atoms with Gasteiger partial charge in [0.15, 0.2) is 5.69 Å². The Morgan fingerprint density at radius 3 is 2.35 bits per heavy atom. The molecule has 4 nitrogen and oxygen atoms in total. The molecule has 26 heavy (non-hydrogen) atoms. The van der Waals surface area contributed by atoms with Gasteiger partial charge in [0.2, 0.25) is 5.91 Å². The Bertz CT molecular complexity index is 922. The largest absolute Gasteiger partial charge is 0.434 e. The van der Waals surface area contributed by atoms with Crippen LogP contribution in [0.3, 0.4) is 0 Å². The average Bonchev–Trinajstić information content (AvgIpc) is 2.64. The number of hydrogen-bond donors (Lipinski definition) is 1. The van der Waals surface area contributed by atoms with E-state index in [1.54, 1.807) is 0 Å². The monoisotopic (exact) mass is 389 g/mol. The molecule has 1 amide bonds. The Morgan fingerprint density at radius 2 is 1.77 bits per heavy atom. The molecule has 0 spiro atoms. The fourth-order valence-corrected chi connectivity index (χ4v) is 2.83. The van der Waals surface area contributed by atoms with E-state index in [9.17, 15) is 26.7 Å². The highest BCUT2D eigenvalue weighted by molar-refractivity contribution is 6.37. The molecule has 2 heterocycles. The second kappa shape index (κ2) is 6.31. The van der Waals surface area contributed by atoms with E-state index in [4.69, 9.17) is 11.6 Å². The summed E-state index contributed by atoms with van der Waals surface area (Å²) < 4.78 is 67.9. The van der Waals surface area contributed by atoms with Crippen LogP contribution >= 0.6 is 11.6 Å². The fourth-order valence-electron chi connectivity index (χ4n) is 2.48. The third kappa shape index (κ3) is 3.03. The molecule has 1 aromatic heterocycles. The number of hydrogen-bond acceptors (Lipinski definition) is 3. The van der Waals surface area contributed by atoms with Crippen LogP contribution in [0.4, 0.5) is 27.6 Å². The normalized spacial score (nSPS) is 17.3. The SMILES string of the molecule is C[C@@H]1N=C(c2c(F)cccc2F)c2c(cnc(C(F)(F)F)c2Cl)NC1=O. The molecule has 1 aliphatic rings. The lowest BCUT2D eigenvalue weighted by Gasteiger charge is -2.16. The maximum absolute atomic E-state index is 14.2. The topological polar surface area (TPSA) is 54.4 Å². The molecule has 0 bridgehead atoms. The minimum absolute atomic E-state index is 0.223. The second-order valence-electron chi connectivity index (χ2n) is 5.45. The van der Waals surface area contributed by atoms with Crippen LogP contribution in [0, 0.1) is 11.6 Å². The van der Waals surface area contributed by atoms with Crippen LogP contribution < -0.4 is 5.32 Å². The molecule has 0 saturated heterocycles. The number of fused-ring (bicyclic) bond motifs is 1. The smallest absolute Gasteiger partial charge is 0.322 e. The van der Waals surface area contributed by atoms with Gasteiger partial charge in [-0.2, -0.15) is 13.2 Å². The van der Waals surface area contributed by atoms with Crippen molar-refractivity contribution in [1.82, 2.24) is 4.98 Å². The third-order valence-corrected chi connectivity index (χ3v) is 4.05. The first-order valence-electron chi connectivity index (χ1n) is 7.20. The molecule has 1 N–H and O–H groups in total. The van der Waals surface area contributed by atoms with Crippen molar-refractivity contribution < 1.29 is 26.7 Å². The molecule has 1 atom stereocenters. The van der Waals surface area contributed by atoms with Crippen LogP contribution in [-0.4, -0.2) is 22.6 Å². The summed E-state index contributed by atoms with van der Waals surface area (Å²) in [6.07, 6.45) is -4.18. The Hall–Kier alpha value is -2.55. The van der Waals surface area contributed by atoms with Crippen molar-refractivity contribution in [3.05, 3.63) is 57.9 Å². The zero-order valence-electron chi connectivity index (χ0n) is 13.0. The van der Waals surface area contributed by atoms with E-state index in [1.165, 1.54) is 6.92 Å². The number of halogens is 6. The van der Waals surface area contributed by atoms with Crippen molar-refractivity contribution in [3.63, 3.8) is 0 Å². The summed E-state index contributed by atoms with van der Waals surface area (Å²) >= 11 is 5.87. The summed E-state index contributed by atoms with van der Waals surface area (Å²) in [5.41, 5.74) is -3.31. The first kappa shape index (κ1) is 18.2. The highest BCUT2D eigenvalue weighted by Gasteiger charge is 2.39. The van der Waals surface area contributed by atoms with E-state index < -0.39 is 57.3 Å². The van der Waals surface area contributed by atoms with Gasteiger partial charge < -0.3 is 5.32 Å². The lowest BCUT2D eigenvalue weighted by Crippen LogP contribution is -2.22. The highest BCUT2D eigenvalue weighted by atomic mass is 35.5. The van der Waals surface area contributed by atoms with Crippen molar-refractivity contribution in [1.29, 1.82) is 0 Å². The number of benzene rings is 1. The van der Waals surface area contributed by atoms with Gasteiger partial charge in [-0.25, -0.2) is 13.8 Å². The minimum Gasteiger partial charge on any atom is -0.322 e. The zero-order chi connectivity index (χ0) is 19.2. The number of nitrogens with zero attached hydrogens (tertiary/aromatic N) is 2.